The number of carbonyl (C=O) groups is 2. The first-order chi connectivity index (χ1) is 13.1. The molecule has 7 heteroatoms. The lowest BCUT2D eigenvalue weighted by atomic mass is 10.1. The number of anilines is 1. The van der Waals surface area contributed by atoms with Gasteiger partial charge in [-0.2, -0.15) is 10.2 Å². The molecule has 142 valence electrons. The lowest BCUT2D eigenvalue weighted by Crippen LogP contribution is -2.25. The number of nitrogens with one attached hydrogen (secondary N) is 1. The molecule has 1 unspecified atom stereocenters. The highest BCUT2D eigenvalue weighted by atomic mass is 16.2. The molecule has 1 aromatic heterocycles. The molecule has 1 aromatic carbocycles. The second kappa shape index (κ2) is 8.62. The van der Waals surface area contributed by atoms with Crippen molar-refractivity contribution < 1.29 is 9.59 Å². The van der Waals surface area contributed by atoms with E-state index >= 15 is 0 Å². The van der Waals surface area contributed by atoms with Gasteiger partial charge in [-0.05, 0) is 18.9 Å². The van der Waals surface area contributed by atoms with Crippen molar-refractivity contribution in [2.45, 2.75) is 45.6 Å². The Kier molecular flexibility index (Phi) is 6.01. The first-order valence-electron chi connectivity index (χ1n) is 9.35. The van der Waals surface area contributed by atoms with Crippen molar-refractivity contribution in [2.24, 2.45) is 5.10 Å². The molecule has 2 heterocycles. The molecule has 2 amide bonds. The molecule has 27 heavy (non-hydrogen) atoms. The first kappa shape index (κ1) is 18.8. The summed E-state index contributed by atoms with van der Waals surface area (Å²) in [5, 5.41) is 13.0. The van der Waals surface area contributed by atoms with Crippen molar-refractivity contribution in [1.82, 2.24) is 14.8 Å². The molecule has 7 nitrogen and oxygen atoms in total. The molecule has 1 N–H and O–H groups in total. The predicted octanol–water partition coefficient (Wildman–Crippen LogP) is 3.21. The van der Waals surface area contributed by atoms with Gasteiger partial charge in [-0.1, -0.05) is 37.3 Å². The number of amides is 2. The van der Waals surface area contributed by atoms with Crippen molar-refractivity contribution in [2.75, 3.05) is 11.9 Å². The maximum Gasteiger partial charge on any atom is 0.243 e. The third-order valence-electron chi connectivity index (χ3n) is 4.71. The fraction of sp³-hybridized carbons (Fsp3) is 0.400. The van der Waals surface area contributed by atoms with Crippen LogP contribution >= 0.6 is 0 Å². The zero-order valence-corrected chi connectivity index (χ0v) is 15.8. The lowest BCUT2D eigenvalue weighted by molar-refractivity contribution is -0.132. The lowest BCUT2D eigenvalue weighted by Gasteiger charge is -2.14. The highest BCUT2D eigenvalue weighted by molar-refractivity contribution is 6.02. The van der Waals surface area contributed by atoms with Crippen molar-refractivity contribution in [3.05, 3.63) is 48.2 Å². The summed E-state index contributed by atoms with van der Waals surface area (Å²) in [5.41, 5.74) is 1.94. The quantitative estimate of drug-likeness (QED) is 0.816. The third kappa shape index (κ3) is 4.61. The molecule has 0 spiro atoms. The minimum absolute atomic E-state index is 0.122. The van der Waals surface area contributed by atoms with Gasteiger partial charge in [0.15, 0.2) is 0 Å². The highest BCUT2D eigenvalue weighted by Gasteiger charge is 2.22. The Hall–Kier alpha value is -2.96. The second-order valence-corrected chi connectivity index (χ2v) is 6.65. The molecule has 0 fully saturated rings. The van der Waals surface area contributed by atoms with Gasteiger partial charge >= 0.3 is 0 Å². The van der Waals surface area contributed by atoms with Crippen LogP contribution in [0.15, 0.2) is 47.7 Å². The zero-order valence-electron chi connectivity index (χ0n) is 15.8. The first-order valence-corrected chi connectivity index (χ1v) is 9.35. The van der Waals surface area contributed by atoms with E-state index in [2.05, 4.69) is 22.4 Å². The van der Waals surface area contributed by atoms with Gasteiger partial charge in [0.25, 0.3) is 0 Å². The van der Waals surface area contributed by atoms with Crippen LogP contribution in [0.5, 0.6) is 0 Å². The maximum absolute atomic E-state index is 12.4. The monoisotopic (exact) mass is 367 g/mol. The average Bonchev–Trinajstić information content (AvgIpc) is 3.36. The fourth-order valence-electron chi connectivity index (χ4n) is 2.96. The van der Waals surface area contributed by atoms with Gasteiger partial charge in [0.05, 0.1) is 24.5 Å². The molecule has 0 aliphatic carbocycles. The summed E-state index contributed by atoms with van der Waals surface area (Å²) in [5.74, 6) is 0.332. The summed E-state index contributed by atoms with van der Waals surface area (Å²) in [4.78, 5) is 24.6. The highest BCUT2D eigenvalue weighted by Crippen LogP contribution is 2.18. The van der Waals surface area contributed by atoms with Crippen LogP contribution in [0.2, 0.25) is 0 Å². The zero-order chi connectivity index (χ0) is 19.2. The van der Waals surface area contributed by atoms with Crippen molar-refractivity contribution in [3.63, 3.8) is 0 Å². The Balaban J connectivity index is 1.52. The van der Waals surface area contributed by atoms with E-state index in [0.29, 0.717) is 12.4 Å². The van der Waals surface area contributed by atoms with E-state index in [-0.39, 0.29) is 30.7 Å². The summed E-state index contributed by atoms with van der Waals surface area (Å²) in [6.45, 7) is 4.67. The number of benzene rings is 1. The van der Waals surface area contributed by atoms with E-state index < -0.39 is 0 Å². The fourth-order valence-corrected chi connectivity index (χ4v) is 2.96. The van der Waals surface area contributed by atoms with Gasteiger partial charge in [-0.15, -0.1) is 0 Å². The molecule has 3 rings (SSSR count). The molecule has 0 saturated carbocycles. The van der Waals surface area contributed by atoms with Crippen LogP contribution in [0.3, 0.4) is 0 Å². The number of nitrogens with zero attached hydrogens (tertiary/aromatic N) is 4. The van der Waals surface area contributed by atoms with E-state index in [9.17, 15) is 9.59 Å². The molecule has 2 aromatic rings. The van der Waals surface area contributed by atoms with Crippen LogP contribution in [0.4, 0.5) is 5.82 Å². The smallest absolute Gasteiger partial charge is 0.243 e. The minimum atomic E-state index is -0.195. The summed E-state index contributed by atoms with van der Waals surface area (Å²) in [7, 11) is 0. The number of carbonyl (C=O) groups excluding carboxylic acids is 2. The molecular formula is C20H25N5O2. The molecule has 1 aliphatic rings. The molecule has 1 aliphatic heterocycles. The van der Waals surface area contributed by atoms with Gasteiger partial charge in [-0.3, -0.25) is 9.59 Å². The number of rotatable bonds is 7. The minimum Gasteiger partial charge on any atom is -0.311 e. The Morgan fingerprint density at radius 3 is 2.70 bits per heavy atom. The molecule has 0 saturated heterocycles. The number of hydrazone groups is 1. The topological polar surface area (TPSA) is 79.6 Å². The van der Waals surface area contributed by atoms with E-state index in [1.165, 1.54) is 5.01 Å². The summed E-state index contributed by atoms with van der Waals surface area (Å²) in [6, 6.07) is 11.8. The van der Waals surface area contributed by atoms with Crippen molar-refractivity contribution in [1.29, 1.82) is 0 Å². The van der Waals surface area contributed by atoms with Crippen LogP contribution in [0.1, 0.15) is 51.1 Å². The SMILES string of the molecule is CCC(C)n1nccc1NC(=O)CCC(=O)N1CCC(c2ccccc2)=N1. The molecule has 0 radical (unpaired) electrons. The number of hydrogen-bond donors (Lipinski definition) is 1. The Bertz CT molecular complexity index is 828. The van der Waals surface area contributed by atoms with Gasteiger partial charge in [0, 0.05) is 25.3 Å². The Morgan fingerprint density at radius 2 is 1.96 bits per heavy atom. The normalized spacial score (nSPS) is 14.7. The van der Waals surface area contributed by atoms with Crippen LogP contribution in [0.25, 0.3) is 0 Å². The molecular weight excluding hydrogens is 342 g/mol. The van der Waals surface area contributed by atoms with Crippen LogP contribution in [-0.4, -0.2) is 38.9 Å². The number of aromatic nitrogens is 2. The van der Waals surface area contributed by atoms with E-state index in [0.717, 1.165) is 24.1 Å². The van der Waals surface area contributed by atoms with Crippen LogP contribution in [-0.2, 0) is 9.59 Å². The van der Waals surface area contributed by atoms with E-state index in [1.54, 1.807) is 16.9 Å². The van der Waals surface area contributed by atoms with Crippen molar-refractivity contribution in [3.8, 4) is 0 Å². The largest absolute Gasteiger partial charge is 0.311 e. The average molecular weight is 367 g/mol. The van der Waals surface area contributed by atoms with Gasteiger partial charge in [-0.25, -0.2) is 9.69 Å². The second-order valence-electron chi connectivity index (χ2n) is 6.65. The summed E-state index contributed by atoms with van der Waals surface area (Å²) in [6.07, 6.45) is 3.57. The third-order valence-corrected chi connectivity index (χ3v) is 4.71. The van der Waals surface area contributed by atoms with Gasteiger partial charge in [0.2, 0.25) is 11.8 Å². The Labute approximate surface area is 159 Å². The number of hydrogen-bond acceptors (Lipinski definition) is 4. The molecule has 1 atom stereocenters. The predicted molar refractivity (Wildman–Crippen MR) is 104 cm³/mol. The maximum atomic E-state index is 12.4. The van der Waals surface area contributed by atoms with E-state index in [4.69, 9.17) is 0 Å². The van der Waals surface area contributed by atoms with Crippen LogP contribution < -0.4 is 5.32 Å². The van der Waals surface area contributed by atoms with E-state index in [1.807, 2.05) is 37.3 Å². The molecule has 0 bridgehead atoms. The Morgan fingerprint density at radius 1 is 1.19 bits per heavy atom. The van der Waals surface area contributed by atoms with Gasteiger partial charge in [0.1, 0.15) is 5.82 Å². The van der Waals surface area contributed by atoms with Crippen molar-refractivity contribution >= 4 is 23.3 Å². The van der Waals surface area contributed by atoms with Gasteiger partial charge < -0.3 is 5.32 Å². The summed E-state index contributed by atoms with van der Waals surface area (Å²) < 4.78 is 1.79. The summed E-state index contributed by atoms with van der Waals surface area (Å²) >= 11 is 0. The van der Waals surface area contributed by atoms with Crippen LogP contribution in [0, 0.1) is 0 Å². The standard InChI is InChI=1S/C20H25N5O2/c1-3-15(2)25-18(11-13-21-25)22-19(26)9-10-20(27)24-14-12-17(23-24)16-7-5-4-6-8-16/h4-8,11,13,15H,3,9-10,12,14H2,1-2H3,(H,22,26).